The topological polar surface area (TPSA) is 9.23 Å². The molecule has 0 saturated heterocycles. The molecule has 1 aromatic rings. The summed E-state index contributed by atoms with van der Waals surface area (Å²) in [4.78, 5) is 0. The number of benzene rings is 1. The van der Waals surface area contributed by atoms with Crippen molar-refractivity contribution in [3.05, 3.63) is 29.8 Å². The molecule has 0 saturated carbocycles. The maximum atomic E-state index is 6.10. The predicted molar refractivity (Wildman–Crippen MR) is 59.7 cm³/mol. The Bertz CT molecular complexity index is 352. The lowest BCUT2D eigenvalue weighted by atomic mass is 10.1. The van der Waals surface area contributed by atoms with Crippen molar-refractivity contribution in [2.45, 2.75) is 15.3 Å². The molecule has 1 aliphatic heterocycles. The van der Waals surface area contributed by atoms with Gasteiger partial charge in [-0.1, -0.05) is 41.4 Å². The van der Waals surface area contributed by atoms with Crippen LogP contribution in [0.2, 0.25) is 0 Å². The molecule has 0 amide bonds. The summed E-state index contributed by atoms with van der Waals surface area (Å²) in [5, 5.41) is -1.13. The molecule has 76 valence electrons. The molecule has 1 aliphatic rings. The first-order valence-electron chi connectivity index (χ1n) is 3.96. The molecule has 1 aromatic carbocycles. The molecule has 0 aromatic heterocycles. The number of para-hydroxylation sites is 1. The minimum absolute atomic E-state index is 0.448. The van der Waals surface area contributed by atoms with Gasteiger partial charge in [0.2, 0.25) is 0 Å². The largest absolute Gasteiger partial charge is 0.456 e. The molecule has 2 unspecified atom stereocenters. The van der Waals surface area contributed by atoms with Gasteiger partial charge in [0.15, 0.2) is 0 Å². The van der Waals surface area contributed by atoms with Gasteiger partial charge >= 0.3 is 0 Å². The molecule has 14 heavy (non-hydrogen) atoms. The second-order valence-corrected chi connectivity index (χ2v) is 5.26. The Kier molecular flexibility index (Phi) is 2.78. The Morgan fingerprint density at radius 2 is 1.79 bits per heavy atom. The summed E-state index contributed by atoms with van der Waals surface area (Å²) in [6, 6.07) is 7.27. The zero-order valence-corrected chi connectivity index (χ0v) is 9.91. The molecule has 1 nitrogen and oxygen atoms in total. The van der Waals surface area contributed by atoms with Crippen molar-refractivity contribution in [1.29, 1.82) is 0 Å². The van der Waals surface area contributed by atoms with Gasteiger partial charge in [0.05, 0.1) is 5.38 Å². The molecule has 2 atom stereocenters. The van der Waals surface area contributed by atoms with E-state index in [2.05, 4.69) is 0 Å². The first-order valence-corrected chi connectivity index (χ1v) is 5.59. The van der Waals surface area contributed by atoms with Crippen LogP contribution in [0.15, 0.2) is 24.3 Å². The molecule has 0 fully saturated rings. The third-order valence-electron chi connectivity index (χ3n) is 2.04. The van der Waals surface area contributed by atoms with Crippen LogP contribution >= 0.6 is 46.4 Å². The highest BCUT2D eigenvalue weighted by Crippen LogP contribution is 2.49. The van der Waals surface area contributed by atoms with E-state index in [0.717, 1.165) is 5.56 Å². The fourth-order valence-corrected chi connectivity index (χ4v) is 2.42. The molecular formula is C9H6Cl4O. The molecule has 0 N–H and O–H groups in total. The molecule has 5 heteroatoms. The Balaban J connectivity index is 2.48. The zero-order chi connectivity index (χ0) is 10.3. The second kappa shape index (κ2) is 3.64. The molecule has 0 aliphatic carbocycles. The summed E-state index contributed by atoms with van der Waals surface area (Å²) in [7, 11) is 0. The van der Waals surface area contributed by atoms with Gasteiger partial charge in [0, 0.05) is 5.56 Å². The van der Waals surface area contributed by atoms with Crippen molar-refractivity contribution < 1.29 is 4.74 Å². The van der Waals surface area contributed by atoms with Crippen molar-refractivity contribution in [2.24, 2.45) is 0 Å². The van der Waals surface area contributed by atoms with Crippen molar-refractivity contribution in [3.63, 3.8) is 0 Å². The normalized spacial score (nSPS) is 29.1. The molecular weight excluding hydrogens is 266 g/mol. The van der Waals surface area contributed by atoms with Crippen LogP contribution in [0.3, 0.4) is 0 Å². The van der Waals surface area contributed by atoms with E-state index < -0.39 is 15.3 Å². The highest BCUT2D eigenvalue weighted by atomic mass is 35.5. The number of ether oxygens (including phenoxy) is 1. The van der Waals surface area contributed by atoms with Crippen LogP contribution in [0, 0.1) is 0 Å². The van der Waals surface area contributed by atoms with E-state index in [1.807, 2.05) is 18.2 Å². The van der Waals surface area contributed by atoms with Gasteiger partial charge in [-0.15, -0.1) is 23.2 Å². The summed E-state index contributed by atoms with van der Waals surface area (Å²) in [6.07, 6.45) is 0. The monoisotopic (exact) mass is 270 g/mol. The van der Waals surface area contributed by atoms with Crippen molar-refractivity contribution >= 4 is 46.4 Å². The summed E-state index contributed by atoms with van der Waals surface area (Å²) in [5.74, 6) is 0.578. The van der Waals surface area contributed by atoms with Gasteiger partial charge < -0.3 is 4.74 Å². The van der Waals surface area contributed by atoms with E-state index in [-0.39, 0.29) is 0 Å². The number of hydrogen-bond acceptors (Lipinski definition) is 1. The van der Waals surface area contributed by atoms with Gasteiger partial charge in [0.25, 0.3) is 4.52 Å². The van der Waals surface area contributed by atoms with Gasteiger partial charge in [-0.3, -0.25) is 0 Å². The van der Waals surface area contributed by atoms with E-state index in [1.165, 1.54) is 0 Å². The van der Waals surface area contributed by atoms with Gasteiger partial charge in [-0.05, 0) is 6.07 Å². The number of rotatable bonds is 0. The van der Waals surface area contributed by atoms with Crippen LogP contribution in [-0.4, -0.2) is 9.90 Å². The van der Waals surface area contributed by atoms with Gasteiger partial charge in [-0.2, -0.15) is 0 Å². The minimum Gasteiger partial charge on any atom is -0.456 e. The lowest BCUT2D eigenvalue weighted by molar-refractivity contribution is 0.212. The Labute approximate surface area is 102 Å². The van der Waals surface area contributed by atoms with Crippen LogP contribution in [0.5, 0.6) is 5.75 Å². The fourth-order valence-electron chi connectivity index (χ4n) is 1.33. The summed E-state index contributed by atoms with van der Waals surface area (Å²) < 4.78 is 3.85. The van der Waals surface area contributed by atoms with Gasteiger partial charge in [0.1, 0.15) is 11.1 Å². The first-order chi connectivity index (χ1) is 6.52. The minimum atomic E-state index is -1.47. The highest BCUT2D eigenvalue weighted by Gasteiger charge is 2.46. The van der Waals surface area contributed by atoms with E-state index in [1.54, 1.807) is 6.07 Å². The molecule has 1 heterocycles. The molecule has 0 radical (unpaired) electrons. The summed E-state index contributed by atoms with van der Waals surface area (Å²) >= 11 is 23.8. The van der Waals surface area contributed by atoms with E-state index in [4.69, 9.17) is 51.1 Å². The number of alkyl halides is 4. The second-order valence-electron chi connectivity index (χ2n) is 3.01. The SMILES string of the molecule is ClC1c2ccccc2OC(Cl)(Cl)C1Cl. The van der Waals surface area contributed by atoms with E-state index >= 15 is 0 Å². The number of hydrogen-bond donors (Lipinski definition) is 0. The average molecular weight is 272 g/mol. The average Bonchev–Trinajstić information content (AvgIpc) is 2.14. The van der Waals surface area contributed by atoms with E-state index in [9.17, 15) is 0 Å². The number of fused-ring (bicyclic) bond motifs is 1. The van der Waals surface area contributed by atoms with Crippen LogP contribution in [0.4, 0.5) is 0 Å². The Morgan fingerprint density at radius 3 is 2.50 bits per heavy atom. The third-order valence-corrected chi connectivity index (χ3v) is 4.06. The van der Waals surface area contributed by atoms with Crippen molar-refractivity contribution in [1.82, 2.24) is 0 Å². The van der Waals surface area contributed by atoms with Crippen molar-refractivity contribution in [3.8, 4) is 5.75 Å². The molecule has 0 bridgehead atoms. The molecule has 0 spiro atoms. The Hall–Kier alpha value is 0.180. The van der Waals surface area contributed by atoms with Crippen LogP contribution in [0.1, 0.15) is 10.9 Å². The molecule has 2 rings (SSSR count). The van der Waals surface area contributed by atoms with Crippen molar-refractivity contribution in [2.75, 3.05) is 0 Å². The fraction of sp³-hybridized carbons (Fsp3) is 0.333. The summed E-state index contributed by atoms with van der Waals surface area (Å²) in [6.45, 7) is 0. The van der Waals surface area contributed by atoms with Gasteiger partial charge in [-0.25, -0.2) is 0 Å². The maximum absolute atomic E-state index is 6.10. The predicted octanol–water partition coefficient (Wildman–Crippen LogP) is 4.10. The lowest BCUT2D eigenvalue weighted by Gasteiger charge is -2.35. The summed E-state index contributed by atoms with van der Waals surface area (Å²) in [5.41, 5.74) is 0.811. The standard InChI is InChI=1S/C9H6Cl4O/c10-7-5-3-1-2-4-6(5)14-9(12,13)8(7)11/h1-4,7-8H. The zero-order valence-electron chi connectivity index (χ0n) is 6.88. The number of halogens is 4. The van der Waals surface area contributed by atoms with E-state index in [0.29, 0.717) is 5.75 Å². The first kappa shape index (κ1) is 10.7. The Morgan fingerprint density at radius 1 is 1.14 bits per heavy atom. The third kappa shape index (κ3) is 1.67. The smallest absolute Gasteiger partial charge is 0.276 e. The quantitative estimate of drug-likeness (QED) is 0.646. The van der Waals surface area contributed by atoms with Crippen LogP contribution < -0.4 is 4.74 Å². The maximum Gasteiger partial charge on any atom is 0.276 e. The highest BCUT2D eigenvalue weighted by molar-refractivity contribution is 6.52. The van der Waals surface area contributed by atoms with Crippen LogP contribution in [0.25, 0.3) is 0 Å². The van der Waals surface area contributed by atoms with Crippen LogP contribution in [-0.2, 0) is 0 Å². The lowest BCUT2D eigenvalue weighted by Crippen LogP contribution is -2.39.